The monoisotopic (exact) mass is 458 g/mol. The van der Waals surface area contributed by atoms with E-state index in [1.54, 1.807) is 6.07 Å². The van der Waals surface area contributed by atoms with Gasteiger partial charge in [-0.25, -0.2) is 0 Å². The van der Waals surface area contributed by atoms with E-state index in [0.29, 0.717) is 21.8 Å². The summed E-state index contributed by atoms with van der Waals surface area (Å²) in [5.74, 6) is 1.57. The van der Waals surface area contributed by atoms with Gasteiger partial charge >= 0.3 is 0 Å². The van der Waals surface area contributed by atoms with Crippen molar-refractivity contribution in [2.75, 3.05) is 5.75 Å². The van der Waals surface area contributed by atoms with Gasteiger partial charge in [0.1, 0.15) is 12.4 Å². The number of benzene rings is 2. The van der Waals surface area contributed by atoms with E-state index in [1.807, 2.05) is 85.7 Å². The zero-order valence-corrected chi connectivity index (χ0v) is 19.7. The van der Waals surface area contributed by atoms with E-state index in [4.69, 9.17) is 16.3 Å². The molecular formula is C23H27ClN4O2S. The number of hydrogen-bond donors (Lipinski definition) is 0. The van der Waals surface area contributed by atoms with Crippen molar-refractivity contribution in [3.05, 3.63) is 65.4 Å². The Labute approximate surface area is 192 Å². The molecule has 0 saturated carbocycles. The minimum atomic E-state index is 0.0754. The average Bonchev–Trinajstić information content (AvgIpc) is 3.14. The third kappa shape index (κ3) is 5.80. The van der Waals surface area contributed by atoms with Crippen molar-refractivity contribution in [2.24, 2.45) is 0 Å². The maximum absolute atomic E-state index is 12.8. The van der Waals surface area contributed by atoms with Crippen LogP contribution in [0, 0.1) is 0 Å². The molecule has 0 aliphatic rings. The lowest BCUT2D eigenvalue weighted by Gasteiger charge is -2.30. The number of para-hydroxylation sites is 2. The number of thioether (sulfide) groups is 1. The van der Waals surface area contributed by atoms with Gasteiger partial charge in [0.2, 0.25) is 5.91 Å². The molecule has 1 amide bonds. The van der Waals surface area contributed by atoms with Crippen LogP contribution in [-0.2, 0) is 11.4 Å². The fraction of sp³-hybridized carbons (Fsp3) is 0.348. The van der Waals surface area contributed by atoms with Crippen LogP contribution in [0.15, 0.2) is 59.8 Å². The highest BCUT2D eigenvalue weighted by Crippen LogP contribution is 2.26. The van der Waals surface area contributed by atoms with Crippen molar-refractivity contribution in [1.82, 2.24) is 19.7 Å². The molecule has 1 aromatic heterocycles. The molecule has 8 heteroatoms. The Bertz CT molecular complexity index is 1000. The molecule has 2 aromatic carbocycles. The fourth-order valence-electron chi connectivity index (χ4n) is 3.40. The van der Waals surface area contributed by atoms with Gasteiger partial charge in [-0.1, -0.05) is 53.7 Å². The van der Waals surface area contributed by atoms with Crippen LogP contribution < -0.4 is 4.74 Å². The van der Waals surface area contributed by atoms with Crippen molar-refractivity contribution < 1.29 is 9.53 Å². The molecule has 6 nitrogen and oxygen atoms in total. The first-order valence-electron chi connectivity index (χ1n) is 10.2. The molecule has 0 aliphatic heterocycles. The van der Waals surface area contributed by atoms with Gasteiger partial charge in [0.15, 0.2) is 11.0 Å². The number of rotatable bonds is 9. The molecule has 0 unspecified atom stereocenters. The van der Waals surface area contributed by atoms with Crippen LogP contribution >= 0.6 is 23.4 Å². The van der Waals surface area contributed by atoms with Crippen molar-refractivity contribution in [3.63, 3.8) is 0 Å². The average molecular weight is 459 g/mol. The summed E-state index contributed by atoms with van der Waals surface area (Å²) in [6.45, 7) is 8.31. The van der Waals surface area contributed by atoms with Gasteiger partial charge in [0.25, 0.3) is 0 Å². The van der Waals surface area contributed by atoms with E-state index in [-0.39, 0.29) is 30.4 Å². The van der Waals surface area contributed by atoms with Gasteiger partial charge in [0.05, 0.1) is 10.8 Å². The molecule has 0 radical (unpaired) electrons. The normalized spacial score (nSPS) is 11.2. The summed E-state index contributed by atoms with van der Waals surface area (Å²) in [6, 6.07) is 17.4. The maximum atomic E-state index is 12.8. The molecule has 31 heavy (non-hydrogen) atoms. The summed E-state index contributed by atoms with van der Waals surface area (Å²) in [5, 5.41) is 9.85. The largest absolute Gasteiger partial charge is 0.484 e. The van der Waals surface area contributed by atoms with Crippen LogP contribution in [0.1, 0.15) is 33.5 Å². The molecule has 0 N–H and O–H groups in total. The smallest absolute Gasteiger partial charge is 0.233 e. The Morgan fingerprint density at radius 1 is 1.03 bits per heavy atom. The van der Waals surface area contributed by atoms with Gasteiger partial charge in [-0.3, -0.25) is 9.36 Å². The van der Waals surface area contributed by atoms with E-state index in [1.165, 1.54) is 11.8 Å². The van der Waals surface area contributed by atoms with Gasteiger partial charge < -0.3 is 9.64 Å². The summed E-state index contributed by atoms with van der Waals surface area (Å²) >= 11 is 7.58. The van der Waals surface area contributed by atoms with Crippen LogP contribution in [0.25, 0.3) is 5.69 Å². The number of aromatic nitrogens is 3. The molecule has 0 atom stereocenters. The molecule has 0 aliphatic carbocycles. The number of carbonyl (C=O) groups excluding carboxylic acids is 1. The number of carbonyl (C=O) groups is 1. The Morgan fingerprint density at radius 2 is 1.68 bits per heavy atom. The number of ether oxygens (including phenoxy) is 1. The number of amides is 1. The minimum absolute atomic E-state index is 0.0754. The second kappa shape index (κ2) is 10.7. The molecule has 0 bridgehead atoms. The molecule has 1 heterocycles. The molecule has 0 spiro atoms. The number of hydrogen-bond acceptors (Lipinski definition) is 5. The van der Waals surface area contributed by atoms with Crippen LogP contribution in [0.2, 0.25) is 5.02 Å². The summed E-state index contributed by atoms with van der Waals surface area (Å²) in [6.07, 6.45) is 0. The summed E-state index contributed by atoms with van der Waals surface area (Å²) in [5.41, 5.74) is 0.907. The first-order chi connectivity index (χ1) is 14.9. The van der Waals surface area contributed by atoms with E-state index >= 15 is 0 Å². The molecule has 0 saturated heterocycles. The zero-order valence-electron chi connectivity index (χ0n) is 18.2. The second-order valence-corrected chi connectivity index (χ2v) is 8.92. The Kier molecular flexibility index (Phi) is 7.98. The summed E-state index contributed by atoms with van der Waals surface area (Å²) < 4.78 is 7.81. The van der Waals surface area contributed by atoms with E-state index in [9.17, 15) is 4.79 Å². The van der Waals surface area contributed by atoms with Gasteiger partial charge in [-0.15, -0.1) is 10.2 Å². The fourth-order valence-corrected chi connectivity index (χ4v) is 4.43. The zero-order chi connectivity index (χ0) is 22.4. The number of halogens is 1. The van der Waals surface area contributed by atoms with Crippen molar-refractivity contribution in [2.45, 2.75) is 51.5 Å². The van der Waals surface area contributed by atoms with Gasteiger partial charge in [0, 0.05) is 17.8 Å². The minimum Gasteiger partial charge on any atom is -0.484 e. The van der Waals surface area contributed by atoms with Crippen LogP contribution in [0.3, 0.4) is 0 Å². The lowest BCUT2D eigenvalue weighted by molar-refractivity contribution is -0.131. The highest BCUT2D eigenvalue weighted by atomic mass is 35.5. The lowest BCUT2D eigenvalue weighted by Crippen LogP contribution is -2.43. The SMILES string of the molecule is CC(C)N(C(=O)CSc1nnc(COc2ccccc2Cl)n1-c1ccccc1)C(C)C. The third-order valence-corrected chi connectivity index (χ3v) is 5.86. The Balaban J connectivity index is 1.82. The van der Waals surface area contributed by atoms with E-state index in [0.717, 1.165) is 5.69 Å². The standard InChI is InChI=1S/C23H27ClN4O2S/c1-16(2)27(17(3)4)22(29)15-31-23-26-25-21(28(23)18-10-6-5-7-11-18)14-30-20-13-9-8-12-19(20)24/h5-13,16-17H,14-15H2,1-4H3. The Hall–Kier alpha value is -2.51. The van der Waals surface area contributed by atoms with Crippen molar-refractivity contribution in [3.8, 4) is 11.4 Å². The van der Waals surface area contributed by atoms with E-state index in [2.05, 4.69) is 10.2 Å². The first kappa shape index (κ1) is 23.2. The van der Waals surface area contributed by atoms with Crippen LogP contribution in [0.5, 0.6) is 5.75 Å². The predicted octanol–water partition coefficient (Wildman–Crippen LogP) is 5.24. The third-order valence-electron chi connectivity index (χ3n) is 4.63. The topological polar surface area (TPSA) is 60.3 Å². The van der Waals surface area contributed by atoms with Crippen LogP contribution in [0.4, 0.5) is 0 Å². The lowest BCUT2D eigenvalue weighted by atomic mass is 10.2. The first-order valence-corrected chi connectivity index (χ1v) is 11.6. The predicted molar refractivity (Wildman–Crippen MR) is 125 cm³/mol. The van der Waals surface area contributed by atoms with Gasteiger partial charge in [-0.2, -0.15) is 0 Å². The Morgan fingerprint density at radius 3 is 2.32 bits per heavy atom. The molecule has 0 fully saturated rings. The molecule has 164 valence electrons. The number of nitrogens with zero attached hydrogens (tertiary/aromatic N) is 4. The van der Waals surface area contributed by atoms with E-state index < -0.39 is 0 Å². The van der Waals surface area contributed by atoms with Crippen molar-refractivity contribution >= 4 is 29.3 Å². The molecule has 3 aromatic rings. The highest BCUT2D eigenvalue weighted by molar-refractivity contribution is 7.99. The molecular weight excluding hydrogens is 432 g/mol. The quantitative estimate of drug-likeness (QED) is 0.410. The van der Waals surface area contributed by atoms with Crippen molar-refractivity contribution in [1.29, 1.82) is 0 Å². The highest BCUT2D eigenvalue weighted by Gasteiger charge is 2.22. The molecule has 3 rings (SSSR count). The second-order valence-electron chi connectivity index (χ2n) is 7.57. The maximum Gasteiger partial charge on any atom is 0.233 e. The summed E-state index contributed by atoms with van der Waals surface area (Å²) in [7, 11) is 0. The van der Waals surface area contributed by atoms with Gasteiger partial charge in [-0.05, 0) is 52.0 Å². The van der Waals surface area contributed by atoms with Crippen LogP contribution in [-0.4, -0.2) is 43.4 Å². The summed E-state index contributed by atoms with van der Waals surface area (Å²) in [4.78, 5) is 14.7.